The summed E-state index contributed by atoms with van der Waals surface area (Å²) in [6.45, 7) is -0.483. The summed E-state index contributed by atoms with van der Waals surface area (Å²) < 4.78 is 34.6. The molecule has 0 saturated heterocycles. The van der Waals surface area contributed by atoms with E-state index < -0.39 is 28.3 Å². The van der Waals surface area contributed by atoms with E-state index in [0.29, 0.717) is 10.9 Å². The van der Waals surface area contributed by atoms with Gasteiger partial charge in [0.25, 0.3) is 15.6 Å². The number of benzene rings is 3. The molecule has 0 aliphatic heterocycles. The van der Waals surface area contributed by atoms with Crippen LogP contribution in [0.4, 0.5) is 5.69 Å². The first-order valence-electron chi connectivity index (χ1n) is 9.22. The third kappa shape index (κ3) is 4.53. The first-order valence-corrected chi connectivity index (χ1v) is 11.5. The fraction of sp³-hybridized carbons (Fsp3) is 0.0476. The lowest BCUT2D eigenvalue weighted by molar-refractivity contribution is 0.0337. The largest absolute Gasteiger partial charge is 0.438 e. The number of fused-ring (bicyclic) bond motifs is 1. The lowest BCUT2D eigenvalue weighted by atomic mass is 10.2. The molecule has 32 heavy (non-hydrogen) atoms. The zero-order chi connectivity index (χ0) is 22.7. The Kier molecular flexibility index (Phi) is 6.01. The van der Waals surface area contributed by atoms with Crippen molar-refractivity contribution in [2.24, 2.45) is 0 Å². The Bertz CT molecular complexity index is 1470. The van der Waals surface area contributed by atoms with Crippen LogP contribution < -0.4 is 10.3 Å². The Morgan fingerprint density at radius 2 is 1.69 bits per heavy atom. The van der Waals surface area contributed by atoms with Gasteiger partial charge in [0.1, 0.15) is 5.52 Å². The first kappa shape index (κ1) is 21.7. The van der Waals surface area contributed by atoms with Crippen LogP contribution in [-0.2, 0) is 21.5 Å². The highest BCUT2D eigenvalue weighted by Gasteiger charge is 2.20. The van der Waals surface area contributed by atoms with Crippen molar-refractivity contribution in [2.75, 3.05) is 4.72 Å². The van der Waals surface area contributed by atoms with Gasteiger partial charge in [-0.05, 0) is 48.5 Å². The maximum atomic E-state index is 12.7. The van der Waals surface area contributed by atoms with Crippen molar-refractivity contribution in [3.8, 4) is 0 Å². The third-order valence-corrected chi connectivity index (χ3v) is 6.37. The summed E-state index contributed by atoms with van der Waals surface area (Å²) in [6, 6.07) is 18.7. The molecule has 0 atom stereocenters. The van der Waals surface area contributed by atoms with Crippen molar-refractivity contribution in [3.63, 3.8) is 0 Å². The molecule has 0 saturated carbocycles. The molecule has 3 aromatic carbocycles. The minimum atomic E-state index is -3.94. The number of halogens is 1. The smallest absolute Gasteiger partial charge is 0.342 e. The molecule has 0 aliphatic carbocycles. The number of ether oxygens (including phenoxy) is 1. The third-order valence-electron chi connectivity index (χ3n) is 4.46. The standard InChI is InChI=1S/C21H15BrN4O5S/c22-14-9-11-15(12-10-14)32(29,30)24-19-8-4-2-6-17(19)21(28)31-13-26-20(27)16-5-1-3-7-18(16)23-25-26/h1-12,24H,13H2. The fourth-order valence-electron chi connectivity index (χ4n) is 2.87. The van der Waals surface area contributed by atoms with Crippen LogP contribution in [-0.4, -0.2) is 29.4 Å². The van der Waals surface area contributed by atoms with Crippen LogP contribution in [0.2, 0.25) is 0 Å². The molecule has 0 spiro atoms. The Hall–Kier alpha value is -3.57. The average Bonchev–Trinajstić information content (AvgIpc) is 2.79. The summed E-state index contributed by atoms with van der Waals surface area (Å²) in [7, 11) is -3.94. The minimum Gasteiger partial charge on any atom is -0.438 e. The molecule has 0 amide bonds. The zero-order valence-electron chi connectivity index (χ0n) is 16.3. The van der Waals surface area contributed by atoms with Crippen LogP contribution in [0.25, 0.3) is 10.9 Å². The molecule has 0 aliphatic rings. The van der Waals surface area contributed by atoms with Gasteiger partial charge in [-0.15, -0.1) is 5.10 Å². The molecule has 162 valence electrons. The van der Waals surface area contributed by atoms with Gasteiger partial charge in [0.2, 0.25) is 0 Å². The van der Waals surface area contributed by atoms with Crippen molar-refractivity contribution < 1.29 is 17.9 Å². The minimum absolute atomic E-state index is 0.0185. The SMILES string of the molecule is O=C(OCn1nnc2ccccc2c1=O)c1ccccc1NS(=O)(=O)c1ccc(Br)cc1. The molecule has 1 heterocycles. The maximum absolute atomic E-state index is 12.7. The number of nitrogens with zero attached hydrogens (tertiary/aromatic N) is 3. The zero-order valence-corrected chi connectivity index (χ0v) is 18.7. The quantitative estimate of drug-likeness (QED) is 0.392. The van der Waals surface area contributed by atoms with E-state index in [2.05, 4.69) is 31.0 Å². The molecular weight excluding hydrogens is 500 g/mol. The Morgan fingerprint density at radius 1 is 1.00 bits per heavy atom. The molecule has 1 aromatic heterocycles. The van der Waals surface area contributed by atoms with Gasteiger partial charge in [0.15, 0.2) is 6.73 Å². The van der Waals surface area contributed by atoms with Gasteiger partial charge in [0, 0.05) is 4.47 Å². The number of carbonyl (C=O) groups is 1. The van der Waals surface area contributed by atoms with E-state index in [4.69, 9.17) is 4.74 Å². The molecule has 4 aromatic rings. The molecule has 0 fully saturated rings. The number of anilines is 1. The van der Waals surface area contributed by atoms with E-state index in [1.54, 1.807) is 48.5 Å². The average molecular weight is 515 g/mol. The molecule has 0 unspecified atom stereocenters. The maximum Gasteiger partial charge on any atom is 0.342 e. The predicted octanol–water partition coefficient (Wildman–Crippen LogP) is 3.17. The molecule has 11 heteroatoms. The van der Waals surface area contributed by atoms with Gasteiger partial charge in [-0.25, -0.2) is 13.2 Å². The molecule has 0 radical (unpaired) electrons. The number of rotatable bonds is 6. The predicted molar refractivity (Wildman–Crippen MR) is 121 cm³/mol. The van der Waals surface area contributed by atoms with Crippen molar-refractivity contribution in [3.05, 3.63) is 93.2 Å². The van der Waals surface area contributed by atoms with E-state index in [9.17, 15) is 18.0 Å². The van der Waals surface area contributed by atoms with Gasteiger partial charge in [-0.2, -0.15) is 4.68 Å². The summed E-state index contributed by atoms with van der Waals surface area (Å²) in [6.07, 6.45) is 0. The summed E-state index contributed by atoms with van der Waals surface area (Å²) in [5.74, 6) is -0.832. The van der Waals surface area contributed by atoms with Crippen molar-refractivity contribution in [1.82, 2.24) is 15.0 Å². The van der Waals surface area contributed by atoms with Gasteiger partial charge in [-0.1, -0.05) is 45.4 Å². The lowest BCUT2D eigenvalue weighted by Crippen LogP contribution is -2.26. The first-order chi connectivity index (χ1) is 15.3. The van der Waals surface area contributed by atoms with Crippen LogP contribution >= 0.6 is 15.9 Å². The Labute approximate surface area is 190 Å². The molecule has 9 nitrogen and oxygen atoms in total. The monoisotopic (exact) mass is 514 g/mol. The second kappa shape index (κ2) is 8.89. The highest BCUT2D eigenvalue weighted by molar-refractivity contribution is 9.10. The number of hydrogen-bond acceptors (Lipinski definition) is 7. The summed E-state index contributed by atoms with van der Waals surface area (Å²) in [4.78, 5) is 25.2. The normalized spacial score (nSPS) is 11.3. The van der Waals surface area contributed by atoms with Gasteiger partial charge in [0.05, 0.1) is 21.5 Å². The summed E-state index contributed by atoms with van der Waals surface area (Å²) >= 11 is 3.25. The van der Waals surface area contributed by atoms with Crippen molar-refractivity contribution in [1.29, 1.82) is 0 Å². The highest BCUT2D eigenvalue weighted by atomic mass is 79.9. The topological polar surface area (TPSA) is 120 Å². The van der Waals surface area contributed by atoms with E-state index >= 15 is 0 Å². The van der Waals surface area contributed by atoms with Gasteiger partial charge < -0.3 is 4.74 Å². The lowest BCUT2D eigenvalue weighted by Gasteiger charge is -2.12. The Balaban J connectivity index is 1.55. The summed E-state index contributed by atoms with van der Waals surface area (Å²) in [5, 5.41) is 8.02. The number of carbonyl (C=O) groups excluding carboxylic acids is 1. The molecule has 1 N–H and O–H groups in total. The van der Waals surface area contributed by atoms with E-state index in [1.165, 1.54) is 24.3 Å². The van der Waals surface area contributed by atoms with Crippen LogP contribution in [0.1, 0.15) is 10.4 Å². The van der Waals surface area contributed by atoms with Gasteiger partial charge >= 0.3 is 5.97 Å². The van der Waals surface area contributed by atoms with E-state index in [-0.39, 0.29) is 16.1 Å². The number of esters is 1. The van der Waals surface area contributed by atoms with Crippen LogP contribution in [0.5, 0.6) is 0 Å². The van der Waals surface area contributed by atoms with Crippen LogP contribution in [0.15, 0.2) is 87.0 Å². The van der Waals surface area contributed by atoms with Gasteiger partial charge in [-0.3, -0.25) is 9.52 Å². The molecule has 0 bridgehead atoms. The van der Waals surface area contributed by atoms with E-state index in [0.717, 1.165) is 9.15 Å². The van der Waals surface area contributed by atoms with Crippen molar-refractivity contribution in [2.45, 2.75) is 11.6 Å². The summed E-state index contributed by atoms with van der Waals surface area (Å²) in [5.41, 5.74) is -0.0206. The van der Waals surface area contributed by atoms with Crippen LogP contribution in [0, 0.1) is 0 Å². The second-order valence-electron chi connectivity index (χ2n) is 6.58. The Morgan fingerprint density at radius 3 is 2.47 bits per heavy atom. The highest BCUT2D eigenvalue weighted by Crippen LogP contribution is 2.22. The number of hydrogen-bond donors (Lipinski definition) is 1. The molecular formula is C21H15BrN4O5S. The fourth-order valence-corrected chi connectivity index (χ4v) is 4.22. The number of aromatic nitrogens is 3. The number of para-hydroxylation sites is 1. The van der Waals surface area contributed by atoms with E-state index in [1.807, 2.05) is 0 Å². The number of nitrogens with one attached hydrogen (secondary N) is 1. The second-order valence-corrected chi connectivity index (χ2v) is 9.18. The number of sulfonamides is 1. The van der Waals surface area contributed by atoms with Crippen LogP contribution in [0.3, 0.4) is 0 Å². The molecule has 4 rings (SSSR count). The van der Waals surface area contributed by atoms with Crippen molar-refractivity contribution >= 4 is 48.5 Å².